The molecule has 6 nitrogen and oxygen atoms in total. The zero-order valence-electron chi connectivity index (χ0n) is 13.3. The van der Waals surface area contributed by atoms with Gasteiger partial charge in [-0.3, -0.25) is 4.79 Å². The Morgan fingerprint density at radius 2 is 1.88 bits per heavy atom. The first-order valence-corrected chi connectivity index (χ1v) is 7.39. The van der Waals surface area contributed by atoms with Gasteiger partial charge in [-0.25, -0.2) is 0 Å². The van der Waals surface area contributed by atoms with Gasteiger partial charge in [0.1, 0.15) is 17.8 Å². The van der Waals surface area contributed by atoms with Gasteiger partial charge in [-0.1, -0.05) is 18.2 Å². The van der Waals surface area contributed by atoms with Gasteiger partial charge in [-0.05, 0) is 29.3 Å². The highest BCUT2D eigenvalue weighted by atomic mass is 16.5. The van der Waals surface area contributed by atoms with E-state index in [9.17, 15) is 15.0 Å². The minimum atomic E-state index is -0.460. The van der Waals surface area contributed by atoms with Gasteiger partial charge in [-0.2, -0.15) is 0 Å². The molecule has 0 saturated carbocycles. The number of hydrogen-bond acceptors (Lipinski definition) is 6. The van der Waals surface area contributed by atoms with Crippen LogP contribution in [-0.4, -0.2) is 23.2 Å². The average molecular weight is 328 g/mol. The maximum absolute atomic E-state index is 11.8. The van der Waals surface area contributed by atoms with Gasteiger partial charge >= 0.3 is 5.97 Å². The number of aromatic hydroxyl groups is 2. The monoisotopic (exact) mass is 328 g/mol. The maximum atomic E-state index is 11.8. The molecule has 2 aromatic carbocycles. The van der Waals surface area contributed by atoms with Gasteiger partial charge < -0.3 is 26.0 Å². The molecule has 0 heterocycles. The molecule has 0 aliphatic heterocycles. The third-order valence-corrected chi connectivity index (χ3v) is 3.40. The minimum absolute atomic E-state index is 0.0756. The number of carbonyl (C=O) groups excluding carboxylic acids is 1. The van der Waals surface area contributed by atoms with Gasteiger partial charge in [0.25, 0.3) is 0 Å². The van der Waals surface area contributed by atoms with Crippen molar-refractivity contribution in [1.29, 1.82) is 0 Å². The second-order valence-corrected chi connectivity index (χ2v) is 5.30. The summed E-state index contributed by atoms with van der Waals surface area (Å²) in [6.07, 6.45) is 1.53. The molecule has 24 heavy (non-hydrogen) atoms. The number of rotatable bonds is 6. The second-order valence-electron chi connectivity index (χ2n) is 5.30. The molecule has 0 aliphatic rings. The maximum Gasteiger partial charge on any atom is 0.315 e. The summed E-state index contributed by atoms with van der Waals surface area (Å²) in [6.45, 7) is 0. The fraction of sp³-hybridized carbons (Fsp3) is 0.167. The molecule has 0 spiro atoms. The summed E-state index contributed by atoms with van der Waals surface area (Å²) in [5.41, 5.74) is 8.31. The smallest absolute Gasteiger partial charge is 0.315 e. The largest absolute Gasteiger partial charge is 0.508 e. The van der Waals surface area contributed by atoms with Crippen LogP contribution in [0.1, 0.15) is 11.1 Å². The normalized spacial score (nSPS) is 11.1. The van der Waals surface area contributed by atoms with E-state index >= 15 is 0 Å². The Balaban J connectivity index is 1.91. The van der Waals surface area contributed by atoms with Crippen molar-refractivity contribution in [2.45, 2.75) is 12.8 Å². The average Bonchev–Trinajstić information content (AvgIpc) is 2.57. The predicted molar refractivity (Wildman–Crippen MR) is 91.5 cm³/mol. The van der Waals surface area contributed by atoms with E-state index in [1.807, 2.05) is 6.07 Å². The summed E-state index contributed by atoms with van der Waals surface area (Å²) >= 11 is 0. The Morgan fingerprint density at radius 3 is 2.50 bits per heavy atom. The van der Waals surface area contributed by atoms with E-state index in [4.69, 9.17) is 10.5 Å². The number of phenolic OH excluding ortho intramolecular Hbond substituents is 2. The number of allylic oxidation sites excluding steroid dienone is 1. The molecular formula is C18H20N2O4. The molecule has 0 amide bonds. The van der Waals surface area contributed by atoms with Crippen LogP contribution in [0.5, 0.6) is 11.5 Å². The van der Waals surface area contributed by atoms with Gasteiger partial charge in [0.15, 0.2) is 0 Å². The van der Waals surface area contributed by atoms with Crippen molar-refractivity contribution in [3.05, 3.63) is 65.6 Å². The lowest BCUT2D eigenvalue weighted by molar-refractivity contribution is -0.137. The summed E-state index contributed by atoms with van der Waals surface area (Å²) in [7, 11) is 1.76. The molecule has 0 atom stereocenters. The molecule has 126 valence electrons. The van der Waals surface area contributed by atoms with Crippen LogP contribution in [-0.2, 0) is 22.4 Å². The van der Waals surface area contributed by atoms with Crippen molar-refractivity contribution in [2.24, 2.45) is 5.73 Å². The second kappa shape index (κ2) is 7.92. The molecule has 0 radical (unpaired) electrons. The molecule has 0 bridgehead atoms. The van der Waals surface area contributed by atoms with E-state index in [1.165, 1.54) is 18.4 Å². The molecule has 0 aliphatic carbocycles. The number of esters is 1. The highest BCUT2D eigenvalue weighted by Crippen LogP contribution is 2.23. The molecule has 2 rings (SSSR count). The van der Waals surface area contributed by atoms with E-state index in [-0.39, 0.29) is 24.3 Å². The summed E-state index contributed by atoms with van der Waals surface area (Å²) in [5, 5.41) is 22.0. The third kappa shape index (κ3) is 4.95. The highest BCUT2D eigenvalue weighted by Gasteiger charge is 2.07. The molecule has 0 saturated heterocycles. The van der Waals surface area contributed by atoms with Crippen molar-refractivity contribution in [1.82, 2.24) is 0 Å². The van der Waals surface area contributed by atoms with Gasteiger partial charge in [0.2, 0.25) is 0 Å². The zero-order chi connectivity index (χ0) is 17.5. The SMILES string of the molecule is CNc1ccc(C/C(N)=C/OC(=O)Cc2ccc(O)cc2)c(O)c1. The van der Waals surface area contributed by atoms with Crippen LogP contribution < -0.4 is 11.1 Å². The first-order chi connectivity index (χ1) is 11.5. The number of phenols is 2. The van der Waals surface area contributed by atoms with Gasteiger partial charge in [-0.15, -0.1) is 0 Å². The Bertz CT molecular complexity index is 739. The Morgan fingerprint density at radius 1 is 1.17 bits per heavy atom. The number of carbonyl (C=O) groups is 1. The molecule has 5 N–H and O–H groups in total. The zero-order valence-corrected chi connectivity index (χ0v) is 13.3. The minimum Gasteiger partial charge on any atom is -0.508 e. The molecule has 6 heteroatoms. The van der Waals surface area contributed by atoms with E-state index in [0.717, 1.165) is 11.3 Å². The number of hydrogen-bond donors (Lipinski definition) is 4. The van der Waals surface area contributed by atoms with E-state index in [2.05, 4.69) is 5.32 Å². The number of nitrogens with one attached hydrogen (secondary N) is 1. The summed E-state index contributed by atoms with van der Waals surface area (Å²) < 4.78 is 5.01. The topological polar surface area (TPSA) is 105 Å². The van der Waals surface area contributed by atoms with Crippen LogP contribution in [0.3, 0.4) is 0 Å². The van der Waals surface area contributed by atoms with Crippen molar-refractivity contribution in [3.63, 3.8) is 0 Å². The van der Waals surface area contributed by atoms with Crippen LogP contribution in [0.25, 0.3) is 0 Å². The first kappa shape index (κ1) is 17.2. The van der Waals surface area contributed by atoms with Crippen molar-refractivity contribution in [2.75, 3.05) is 12.4 Å². The van der Waals surface area contributed by atoms with Crippen LogP contribution in [0.2, 0.25) is 0 Å². The van der Waals surface area contributed by atoms with Crippen LogP contribution in [0.4, 0.5) is 5.69 Å². The predicted octanol–water partition coefficient (Wildman–Crippen LogP) is 2.27. The van der Waals surface area contributed by atoms with Crippen LogP contribution in [0, 0.1) is 0 Å². The lowest BCUT2D eigenvalue weighted by atomic mass is 10.1. The standard InChI is InChI=1S/C18H20N2O4/c1-20-15-5-4-13(17(22)10-15)9-14(19)11-24-18(23)8-12-2-6-16(21)7-3-12/h2-7,10-11,20-22H,8-9,19H2,1H3/b14-11-. The van der Waals surface area contributed by atoms with Crippen molar-refractivity contribution in [3.8, 4) is 11.5 Å². The number of benzene rings is 2. The highest BCUT2D eigenvalue weighted by molar-refractivity contribution is 5.73. The van der Waals surface area contributed by atoms with E-state index in [0.29, 0.717) is 11.3 Å². The molecule has 2 aromatic rings. The number of anilines is 1. The Kier molecular flexibility index (Phi) is 5.68. The van der Waals surface area contributed by atoms with E-state index < -0.39 is 5.97 Å². The molecule has 0 unspecified atom stereocenters. The van der Waals surface area contributed by atoms with E-state index in [1.54, 1.807) is 31.3 Å². The number of nitrogens with two attached hydrogens (primary N) is 1. The van der Waals surface area contributed by atoms with Crippen molar-refractivity contribution < 1.29 is 19.7 Å². The summed E-state index contributed by atoms with van der Waals surface area (Å²) in [6, 6.07) is 11.5. The van der Waals surface area contributed by atoms with Crippen LogP contribution >= 0.6 is 0 Å². The fourth-order valence-corrected chi connectivity index (χ4v) is 2.09. The van der Waals surface area contributed by atoms with Gasteiger partial charge in [0, 0.05) is 30.9 Å². The molecule has 0 aromatic heterocycles. The summed E-state index contributed by atoms with van der Waals surface area (Å²) in [4.78, 5) is 11.8. The first-order valence-electron chi connectivity index (χ1n) is 7.39. The Hall–Kier alpha value is -3.15. The van der Waals surface area contributed by atoms with Crippen molar-refractivity contribution >= 4 is 11.7 Å². The third-order valence-electron chi connectivity index (χ3n) is 3.40. The fourth-order valence-electron chi connectivity index (χ4n) is 2.09. The quantitative estimate of drug-likeness (QED) is 0.479. The van der Waals surface area contributed by atoms with Gasteiger partial charge in [0.05, 0.1) is 6.42 Å². The lowest BCUT2D eigenvalue weighted by Gasteiger charge is -2.08. The molecular weight excluding hydrogens is 308 g/mol. The van der Waals surface area contributed by atoms with Crippen LogP contribution in [0.15, 0.2) is 54.4 Å². The summed E-state index contributed by atoms with van der Waals surface area (Å²) in [5.74, 6) is -0.202. The lowest BCUT2D eigenvalue weighted by Crippen LogP contribution is -2.08. The molecule has 0 fully saturated rings. The Labute approximate surface area is 140 Å². The number of ether oxygens (including phenoxy) is 1.